The van der Waals surface area contributed by atoms with E-state index in [0.717, 1.165) is 12.3 Å². The van der Waals surface area contributed by atoms with E-state index in [4.69, 9.17) is 0 Å². The number of hydrogen-bond donors (Lipinski definition) is 0. The summed E-state index contributed by atoms with van der Waals surface area (Å²) in [7, 11) is 0. The van der Waals surface area contributed by atoms with Gasteiger partial charge in [0.2, 0.25) is 0 Å². The van der Waals surface area contributed by atoms with Gasteiger partial charge in [-0.25, -0.2) is 0 Å². The van der Waals surface area contributed by atoms with Crippen LogP contribution in [-0.4, -0.2) is 18.0 Å². The molecule has 0 radical (unpaired) electrons. The minimum atomic E-state index is 0.575. The standard InChI is InChI=1S/C24H29N/c1-3-24(20-7-5-4-6-8-20)25-15-13-19(14-16-25)21-11-12-23-18(2)9-10-22(23)17-21/h4-8,11-12,17,19,24H,2-3,9-10,13-16H2,1H3. The highest BCUT2D eigenvalue weighted by atomic mass is 15.2. The number of allylic oxidation sites excluding steroid dienone is 1. The molecule has 1 unspecified atom stereocenters. The number of likely N-dealkylation sites (tertiary alicyclic amines) is 1. The number of hydrogen-bond acceptors (Lipinski definition) is 1. The summed E-state index contributed by atoms with van der Waals surface area (Å²) in [6, 6.07) is 18.8. The van der Waals surface area contributed by atoms with Crippen LogP contribution in [0.15, 0.2) is 55.1 Å². The molecule has 25 heavy (non-hydrogen) atoms. The lowest BCUT2D eigenvalue weighted by Crippen LogP contribution is -2.36. The van der Waals surface area contributed by atoms with Gasteiger partial charge in [0.05, 0.1) is 0 Å². The van der Waals surface area contributed by atoms with Crippen LogP contribution in [0, 0.1) is 0 Å². The molecule has 2 aromatic rings. The molecule has 1 atom stereocenters. The van der Waals surface area contributed by atoms with E-state index >= 15 is 0 Å². The number of rotatable bonds is 4. The number of nitrogens with zero attached hydrogens (tertiary/aromatic N) is 1. The zero-order chi connectivity index (χ0) is 17.2. The van der Waals surface area contributed by atoms with Crippen molar-refractivity contribution in [1.82, 2.24) is 4.90 Å². The van der Waals surface area contributed by atoms with Crippen LogP contribution in [-0.2, 0) is 6.42 Å². The Kier molecular flexibility index (Phi) is 4.76. The van der Waals surface area contributed by atoms with Crippen molar-refractivity contribution in [1.29, 1.82) is 0 Å². The van der Waals surface area contributed by atoms with E-state index in [9.17, 15) is 0 Å². The summed E-state index contributed by atoms with van der Waals surface area (Å²) in [6.45, 7) is 8.94. The smallest absolute Gasteiger partial charge is 0.0345 e. The second-order valence-corrected chi connectivity index (χ2v) is 7.67. The highest BCUT2D eigenvalue weighted by Gasteiger charge is 2.26. The molecule has 2 aromatic carbocycles. The predicted octanol–water partition coefficient (Wildman–Crippen LogP) is 5.98. The van der Waals surface area contributed by atoms with Gasteiger partial charge in [0.1, 0.15) is 0 Å². The van der Waals surface area contributed by atoms with Crippen LogP contribution in [0.5, 0.6) is 0 Å². The summed E-state index contributed by atoms with van der Waals surface area (Å²) in [5.41, 5.74) is 7.29. The third kappa shape index (κ3) is 3.30. The Hall–Kier alpha value is -1.86. The second kappa shape index (κ2) is 7.17. The van der Waals surface area contributed by atoms with Crippen LogP contribution in [0.4, 0.5) is 0 Å². The van der Waals surface area contributed by atoms with Crippen molar-refractivity contribution in [2.45, 2.75) is 51.0 Å². The van der Waals surface area contributed by atoms with Crippen molar-refractivity contribution in [2.24, 2.45) is 0 Å². The minimum absolute atomic E-state index is 0.575. The van der Waals surface area contributed by atoms with Crippen LogP contribution in [0.3, 0.4) is 0 Å². The van der Waals surface area contributed by atoms with E-state index in [-0.39, 0.29) is 0 Å². The number of fused-ring (bicyclic) bond motifs is 1. The quantitative estimate of drug-likeness (QED) is 0.666. The molecule has 1 aliphatic heterocycles. The predicted molar refractivity (Wildman–Crippen MR) is 107 cm³/mol. The molecule has 1 aliphatic carbocycles. The molecule has 0 aromatic heterocycles. The summed E-state index contributed by atoms with van der Waals surface area (Å²) in [5.74, 6) is 0.726. The van der Waals surface area contributed by atoms with Gasteiger partial charge in [-0.3, -0.25) is 4.90 Å². The summed E-state index contributed by atoms with van der Waals surface area (Å²) in [4.78, 5) is 2.70. The van der Waals surface area contributed by atoms with Gasteiger partial charge in [-0.05, 0) is 78.9 Å². The van der Waals surface area contributed by atoms with Crippen molar-refractivity contribution in [3.63, 3.8) is 0 Å². The Labute approximate surface area is 152 Å². The number of aryl methyl sites for hydroxylation is 1. The molecule has 1 nitrogen and oxygen atoms in total. The molecule has 2 aliphatic rings. The fourth-order valence-electron chi connectivity index (χ4n) is 4.76. The zero-order valence-electron chi connectivity index (χ0n) is 15.4. The summed E-state index contributed by atoms with van der Waals surface area (Å²) in [5, 5.41) is 0. The average Bonchev–Trinajstić information content (AvgIpc) is 3.04. The molecule has 1 heterocycles. The molecule has 4 rings (SSSR count). The Morgan fingerprint density at radius 1 is 1.04 bits per heavy atom. The molecule has 0 spiro atoms. The summed E-state index contributed by atoms with van der Waals surface area (Å²) < 4.78 is 0. The van der Waals surface area contributed by atoms with Crippen molar-refractivity contribution in [3.05, 3.63) is 77.4 Å². The fraction of sp³-hybridized carbons (Fsp3) is 0.417. The van der Waals surface area contributed by atoms with Crippen LogP contribution in [0.1, 0.15) is 66.8 Å². The third-order valence-electron chi connectivity index (χ3n) is 6.22. The largest absolute Gasteiger partial charge is 0.296 e. The minimum Gasteiger partial charge on any atom is -0.296 e. The summed E-state index contributed by atoms with van der Waals surface area (Å²) >= 11 is 0. The average molecular weight is 332 g/mol. The number of piperidine rings is 1. The van der Waals surface area contributed by atoms with E-state index in [2.05, 4.69) is 66.9 Å². The second-order valence-electron chi connectivity index (χ2n) is 7.67. The van der Waals surface area contributed by atoms with Gasteiger partial charge in [0, 0.05) is 6.04 Å². The van der Waals surface area contributed by atoms with Crippen LogP contribution in [0.2, 0.25) is 0 Å². The van der Waals surface area contributed by atoms with E-state index in [1.165, 1.54) is 61.0 Å². The maximum absolute atomic E-state index is 4.20. The van der Waals surface area contributed by atoms with Crippen LogP contribution < -0.4 is 0 Å². The van der Waals surface area contributed by atoms with Crippen LogP contribution >= 0.6 is 0 Å². The van der Waals surface area contributed by atoms with E-state index in [1.807, 2.05) is 0 Å². The molecule has 0 N–H and O–H groups in total. The van der Waals surface area contributed by atoms with Gasteiger partial charge in [-0.1, -0.05) is 62.0 Å². The lowest BCUT2D eigenvalue weighted by Gasteiger charge is -2.37. The topological polar surface area (TPSA) is 3.24 Å². The first-order valence-corrected chi connectivity index (χ1v) is 9.86. The lowest BCUT2D eigenvalue weighted by molar-refractivity contribution is 0.148. The van der Waals surface area contributed by atoms with Crippen molar-refractivity contribution in [2.75, 3.05) is 13.1 Å². The SMILES string of the molecule is C=C1CCc2cc(C3CCN(C(CC)c4ccccc4)CC3)ccc21. The molecule has 0 amide bonds. The Bertz CT molecular complexity index is 738. The summed E-state index contributed by atoms with van der Waals surface area (Å²) in [6.07, 6.45) is 6.08. The molecule has 130 valence electrons. The van der Waals surface area contributed by atoms with Crippen molar-refractivity contribution in [3.8, 4) is 0 Å². The Morgan fingerprint density at radius 2 is 1.80 bits per heavy atom. The monoisotopic (exact) mass is 331 g/mol. The molecular formula is C24H29N. The normalized spacial score (nSPS) is 19.8. The lowest BCUT2D eigenvalue weighted by atomic mass is 9.86. The Balaban J connectivity index is 1.44. The first-order valence-electron chi connectivity index (χ1n) is 9.86. The van der Waals surface area contributed by atoms with E-state index < -0.39 is 0 Å². The van der Waals surface area contributed by atoms with Crippen LogP contribution in [0.25, 0.3) is 5.57 Å². The van der Waals surface area contributed by atoms with Gasteiger partial charge < -0.3 is 0 Å². The highest BCUT2D eigenvalue weighted by Crippen LogP contribution is 2.37. The molecular weight excluding hydrogens is 302 g/mol. The van der Waals surface area contributed by atoms with E-state index in [1.54, 1.807) is 5.56 Å². The van der Waals surface area contributed by atoms with Crippen molar-refractivity contribution >= 4 is 5.57 Å². The molecule has 1 saturated heterocycles. The van der Waals surface area contributed by atoms with Gasteiger partial charge in [-0.15, -0.1) is 0 Å². The molecule has 1 heteroatoms. The first kappa shape index (κ1) is 16.6. The molecule has 0 bridgehead atoms. The maximum atomic E-state index is 4.20. The van der Waals surface area contributed by atoms with Gasteiger partial charge in [0.15, 0.2) is 0 Å². The van der Waals surface area contributed by atoms with E-state index in [0.29, 0.717) is 6.04 Å². The first-order chi connectivity index (χ1) is 12.3. The fourth-order valence-corrected chi connectivity index (χ4v) is 4.76. The van der Waals surface area contributed by atoms with Crippen molar-refractivity contribution < 1.29 is 0 Å². The highest BCUT2D eigenvalue weighted by molar-refractivity contribution is 5.71. The molecule has 0 saturated carbocycles. The molecule has 1 fully saturated rings. The number of benzene rings is 2. The Morgan fingerprint density at radius 3 is 2.52 bits per heavy atom. The third-order valence-corrected chi connectivity index (χ3v) is 6.22. The maximum Gasteiger partial charge on any atom is 0.0345 e. The zero-order valence-corrected chi connectivity index (χ0v) is 15.4. The van der Waals surface area contributed by atoms with Gasteiger partial charge >= 0.3 is 0 Å². The van der Waals surface area contributed by atoms with Gasteiger partial charge in [0.25, 0.3) is 0 Å². The van der Waals surface area contributed by atoms with Gasteiger partial charge in [-0.2, -0.15) is 0 Å².